The van der Waals surface area contributed by atoms with Gasteiger partial charge in [-0.2, -0.15) is 0 Å². The van der Waals surface area contributed by atoms with Gasteiger partial charge in [-0.1, -0.05) is 0 Å². The number of nitrogens with one attached hydrogen (secondary N) is 1. The molecule has 0 spiro atoms. The summed E-state index contributed by atoms with van der Waals surface area (Å²) in [6.45, 7) is 5.15. The first kappa shape index (κ1) is 14.3. The van der Waals surface area contributed by atoms with Crippen LogP contribution in [0.25, 0.3) is 0 Å². The summed E-state index contributed by atoms with van der Waals surface area (Å²) >= 11 is 0. The molecular weight excluding hydrogens is 242 g/mol. The number of rotatable bonds is 4. The van der Waals surface area contributed by atoms with Crippen LogP contribution in [0.1, 0.15) is 39.0 Å². The third-order valence-corrected chi connectivity index (χ3v) is 4.59. The van der Waals surface area contributed by atoms with Crippen molar-refractivity contribution in [3.8, 4) is 0 Å². The number of hydrogen-bond donors (Lipinski definition) is 2. The fourth-order valence-electron chi connectivity index (χ4n) is 3.03. The maximum atomic E-state index is 12.2. The molecular formula is C14H25N3O2. The van der Waals surface area contributed by atoms with Gasteiger partial charge in [0, 0.05) is 19.5 Å². The van der Waals surface area contributed by atoms with E-state index in [-0.39, 0.29) is 11.8 Å². The number of piperidine rings is 1. The third kappa shape index (κ3) is 3.47. The molecule has 0 aromatic carbocycles. The summed E-state index contributed by atoms with van der Waals surface area (Å²) < 4.78 is 0. The van der Waals surface area contributed by atoms with E-state index in [9.17, 15) is 9.59 Å². The van der Waals surface area contributed by atoms with Crippen molar-refractivity contribution in [2.24, 2.45) is 17.1 Å². The molecule has 2 atom stereocenters. The second kappa shape index (κ2) is 5.90. The van der Waals surface area contributed by atoms with Crippen LogP contribution in [0.5, 0.6) is 0 Å². The number of nitrogens with zero attached hydrogens (tertiary/aromatic N) is 1. The van der Waals surface area contributed by atoms with Gasteiger partial charge in [0.2, 0.25) is 11.8 Å². The first-order valence-corrected chi connectivity index (χ1v) is 7.30. The molecule has 2 heterocycles. The van der Waals surface area contributed by atoms with Gasteiger partial charge in [-0.25, -0.2) is 0 Å². The second-order valence-corrected chi connectivity index (χ2v) is 6.24. The Balaban J connectivity index is 1.76. The van der Waals surface area contributed by atoms with Crippen LogP contribution < -0.4 is 11.1 Å². The molecule has 3 N–H and O–H groups in total. The smallest absolute Gasteiger partial charge is 0.225 e. The van der Waals surface area contributed by atoms with Crippen LogP contribution in [0.4, 0.5) is 0 Å². The lowest BCUT2D eigenvalue weighted by atomic mass is 9.89. The lowest BCUT2D eigenvalue weighted by Gasteiger charge is -2.24. The third-order valence-electron chi connectivity index (χ3n) is 4.59. The van der Waals surface area contributed by atoms with Gasteiger partial charge in [-0.05, 0) is 51.6 Å². The zero-order chi connectivity index (χ0) is 13.9. The molecule has 0 saturated carbocycles. The van der Waals surface area contributed by atoms with E-state index in [1.54, 1.807) is 4.90 Å². The van der Waals surface area contributed by atoms with Crippen molar-refractivity contribution in [2.75, 3.05) is 26.2 Å². The Bertz CT molecular complexity index is 353. The molecule has 0 aromatic heterocycles. The number of primary amides is 1. The van der Waals surface area contributed by atoms with Crippen molar-refractivity contribution in [1.29, 1.82) is 0 Å². The molecule has 2 aliphatic rings. The lowest BCUT2D eigenvalue weighted by molar-refractivity contribution is -0.132. The number of nitrogens with two attached hydrogens (primary N) is 1. The highest BCUT2D eigenvalue weighted by molar-refractivity contribution is 5.83. The summed E-state index contributed by atoms with van der Waals surface area (Å²) in [7, 11) is 0. The summed E-state index contributed by atoms with van der Waals surface area (Å²) in [6, 6.07) is 0. The van der Waals surface area contributed by atoms with E-state index >= 15 is 0 Å². The average Bonchev–Trinajstić information content (AvgIpc) is 2.81. The van der Waals surface area contributed by atoms with E-state index in [1.807, 2.05) is 6.92 Å². The normalized spacial score (nSPS) is 31.4. The van der Waals surface area contributed by atoms with E-state index in [4.69, 9.17) is 5.73 Å². The van der Waals surface area contributed by atoms with Crippen molar-refractivity contribution in [1.82, 2.24) is 10.2 Å². The van der Waals surface area contributed by atoms with Crippen molar-refractivity contribution in [2.45, 2.75) is 39.0 Å². The number of carbonyl (C=O) groups excluding carboxylic acids is 2. The molecule has 2 amide bonds. The Labute approximate surface area is 114 Å². The predicted octanol–water partition coefficient (Wildman–Crippen LogP) is 0.490. The molecule has 2 fully saturated rings. The standard InChI is InChI=1S/C14H25N3O2/c1-14(13(15)19)6-8-17(10-14)12(18)5-4-11-3-2-7-16-9-11/h11,16H,2-10H2,1H3,(H2,15,19). The van der Waals surface area contributed by atoms with Crippen LogP contribution >= 0.6 is 0 Å². The Hall–Kier alpha value is -1.10. The molecule has 2 unspecified atom stereocenters. The highest BCUT2D eigenvalue weighted by Crippen LogP contribution is 2.30. The molecule has 2 saturated heterocycles. The molecule has 0 aliphatic carbocycles. The number of likely N-dealkylation sites (tertiary alicyclic amines) is 1. The molecule has 0 radical (unpaired) electrons. The predicted molar refractivity (Wildman–Crippen MR) is 73.3 cm³/mol. The molecule has 5 nitrogen and oxygen atoms in total. The van der Waals surface area contributed by atoms with Crippen molar-refractivity contribution in [3.63, 3.8) is 0 Å². The molecule has 0 aromatic rings. The highest BCUT2D eigenvalue weighted by atomic mass is 16.2. The number of amides is 2. The van der Waals surface area contributed by atoms with E-state index < -0.39 is 5.41 Å². The van der Waals surface area contributed by atoms with Crippen LogP contribution in [0.15, 0.2) is 0 Å². The zero-order valence-electron chi connectivity index (χ0n) is 11.8. The minimum absolute atomic E-state index is 0.176. The maximum absolute atomic E-state index is 12.2. The summed E-state index contributed by atoms with van der Waals surface area (Å²) in [5.41, 5.74) is 4.87. The number of hydrogen-bond acceptors (Lipinski definition) is 3. The van der Waals surface area contributed by atoms with Gasteiger partial charge in [0.15, 0.2) is 0 Å². The van der Waals surface area contributed by atoms with Crippen molar-refractivity contribution < 1.29 is 9.59 Å². The minimum atomic E-state index is -0.526. The SMILES string of the molecule is CC1(C(N)=O)CCN(C(=O)CCC2CCCNC2)C1. The van der Waals surface area contributed by atoms with Gasteiger partial charge in [0.1, 0.15) is 0 Å². The molecule has 0 bridgehead atoms. The molecule has 2 aliphatic heterocycles. The molecule has 19 heavy (non-hydrogen) atoms. The Morgan fingerprint density at radius 1 is 1.47 bits per heavy atom. The summed E-state index contributed by atoms with van der Waals surface area (Å²) in [6.07, 6.45) is 4.68. The molecule has 2 rings (SSSR count). The molecule has 108 valence electrons. The van der Waals surface area contributed by atoms with E-state index in [1.165, 1.54) is 12.8 Å². The summed E-state index contributed by atoms with van der Waals surface area (Å²) in [5, 5.41) is 3.37. The Kier molecular flexibility index (Phi) is 4.45. The topological polar surface area (TPSA) is 75.4 Å². The lowest BCUT2D eigenvalue weighted by Crippen LogP contribution is -2.39. The van der Waals surface area contributed by atoms with Crippen LogP contribution in [-0.2, 0) is 9.59 Å². The maximum Gasteiger partial charge on any atom is 0.225 e. The summed E-state index contributed by atoms with van der Waals surface area (Å²) in [4.78, 5) is 25.3. The van der Waals surface area contributed by atoms with Gasteiger partial charge in [-0.15, -0.1) is 0 Å². The number of carbonyl (C=O) groups is 2. The monoisotopic (exact) mass is 267 g/mol. The second-order valence-electron chi connectivity index (χ2n) is 6.24. The van der Waals surface area contributed by atoms with Crippen LogP contribution in [0.2, 0.25) is 0 Å². The van der Waals surface area contributed by atoms with Gasteiger partial charge in [0.25, 0.3) is 0 Å². The summed E-state index contributed by atoms with van der Waals surface area (Å²) in [5.74, 6) is 0.512. The van der Waals surface area contributed by atoms with E-state index in [0.717, 1.165) is 19.5 Å². The van der Waals surface area contributed by atoms with Gasteiger partial charge in [-0.3, -0.25) is 9.59 Å². The average molecular weight is 267 g/mol. The Morgan fingerprint density at radius 3 is 2.84 bits per heavy atom. The zero-order valence-corrected chi connectivity index (χ0v) is 11.8. The van der Waals surface area contributed by atoms with Crippen LogP contribution in [0, 0.1) is 11.3 Å². The fraction of sp³-hybridized carbons (Fsp3) is 0.857. The van der Waals surface area contributed by atoms with Gasteiger partial charge in [0.05, 0.1) is 5.41 Å². The first-order chi connectivity index (χ1) is 9.01. The van der Waals surface area contributed by atoms with Crippen LogP contribution in [-0.4, -0.2) is 42.9 Å². The fourth-order valence-corrected chi connectivity index (χ4v) is 3.03. The van der Waals surface area contributed by atoms with Gasteiger partial charge < -0.3 is 16.0 Å². The minimum Gasteiger partial charge on any atom is -0.369 e. The van der Waals surface area contributed by atoms with E-state index in [2.05, 4.69) is 5.32 Å². The van der Waals surface area contributed by atoms with Crippen molar-refractivity contribution in [3.05, 3.63) is 0 Å². The Morgan fingerprint density at radius 2 is 2.26 bits per heavy atom. The quantitative estimate of drug-likeness (QED) is 0.778. The molecule has 5 heteroatoms. The van der Waals surface area contributed by atoms with Gasteiger partial charge >= 0.3 is 0 Å². The largest absolute Gasteiger partial charge is 0.369 e. The first-order valence-electron chi connectivity index (χ1n) is 7.30. The van der Waals surface area contributed by atoms with Crippen molar-refractivity contribution >= 4 is 11.8 Å². The van der Waals surface area contributed by atoms with E-state index in [0.29, 0.717) is 31.8 Å². The van der Waals surface area contributed by atoms with Crippen LogP contribution in [0.3, 0.4) is 0 Å². The highest BCUT2D eigenvalue weighted by Gasteiger charge is 2.40.